The van der Waals surface area contributed by atoms with Gasteiger partial charge in [0.15, 0.2) is 23.0 Å². The standard InChI is InChI=1S/C74H100O8P2.C9H11.Cu/c1-67(2,3)47-33-43(34-48(61(47)75-25)68(4,5)6)83(44-35-49(69(7,8)9)62(76-26)50(36-44)70(10,11)12)57-31-29-55-65(81-41-79-55)59(57)60-58(32-30-56-66(60)82-42-80-56)84(45-37-51(71(13,14)15)63(77-27)52(38-45)72(16,17)18)46-39-53(73(19,20)21)64(78-28)54(40-46)74(22,23)24;1-7-4-8(2)6-9(3)5-7;/h29-40H,41-42H2,1-28H3;4-5H,1-3H3;/q;-1;+1. The zero-order valence-electron chi connectivity index (χ0n) is 63.0. The van der Waals surface area contributed by atoms with Gasteiger partial charge in [0, 0.05) is 55.6 Å². The Morgan fingerprint density at radius 2 is 0.532 bits per heavy atom. The summed E-state index contributed by atoms with van der Waals surface area (Å²) in [5.41, 5.74) is 12.6. The van der Waals surface area contributed by atoms with Crippen LogP contribution in [-0.4, -0.2) is 42.0 Å². The SMILES string of the molecule is COc1c(C(C)(C)C)cc(P(c2cc(C(C)(C)C)c(OC)c(C(C)(C)C)c2)c2ccc3c(c2-c2c(P(c4cc(C(C)(C)C)c(OC)c(C(C)(C)C)c4)c4cc(C(C)(C)C)c(OC)c(C(C)(C)C)c4)ccc4c2OCO4)OCO3)cc1C(C)(C)C.Cc1[c-]c(C)cc(C)c1.[Cu+]. The molecule has 0 saturated heterocycles. The topological polar surface area (TPSA) is 73.8 Å². The van der Waals surface area contributed by atoms with Crippen molar-refractivity contribution in [3.8, 4) is 57.1 Å². The number of ether oxygens (including phenoxy) is 8. The van der Waals surface area contributed by atoms with E-state index in [0.717, 1.165) is 89.2 Å². The van der Waals surface area contributed by atoms with E-state index in [9.17, 15) is 0 Å². The Kier molecular flexibility index (Phi) is 22.0. The first-order chi connectivity index (χ1) is 42.8. The summed E-state index contributed by atoms with van der Waals surface area (Å²) < 4.78 is 53.1. The number of rotatable bonds is 11. The van der Waals surface area contributed by atoms with Crippen LogP contribution in [0.15, 0.2) is 84.9 Å². The second-order valence-electron chi connectivity index (χ2n) is 33.9. The van der Waals surface area contributed by atoms with E-state index in [0.29, 0.717) is 23.0 Å². The number of aryl methyl sites for hydroxylation is 3. The predicted octanol–water partition coefficient (Wildman–Crippen LogP) is 19.2. The average Bonchev–Trinajstić information content (AvgIpc) is 1.13. The van der Waals surface area contributed by atoms with E-state index in [1.807, 2.05) is 28.4 Å². The molecule has 0 aromatic heterocycles. The van der Waals surface area contributed by atoms with Crippen LogP contribution >= 0.6 is 15.8 Å². The van der Waals surface area contributed by atoms with Crippen molar-refractivity contribution >= 4 is 47.7 Å². The largest absolute Gasteiger partial charge is 1.00 e. The average molecular weight is 1360 g/mol. The van der Waals surface area contributed by atoms with Crippen molar-refractivity contribution in [2.75, 3.05) is 42.0 Å². The molecule has 0 aliphatic carbocycles. The molecule has 0 N–H and O–H groups in total. The van der Waals surface area contributed by atoms with Gasteiger partial charge in [0.2, 0.25) is 13.6 Å². The van der Waals surface area contributed by atoms with Crippen molar-refractivity contribution < 1.29 is 55.0 Å². The van der Waals surface area contributed by atoms with Crippen LogP contribution in [0.2, 0.25) is 0 Å². The number of hydrogen-bond acceptors (Lipinski definition) is 8. The second kappa shape index (κ2) is 27.3. The molecule has 11 heteroatoms. The number of fused-ring (bicyclic) bond motifs is 2. The Morgan fingerprint density at radius 1 is 0.319 bits per heavy atom. The summed E-state index contributed by atoms with van der Waals surface area (Å²) in [4.78, 5) is 0. The Bertz CT molecular complexity index is 3340. The fourth-order valence-corrected chi connectivity index (χ4v) is 18.1. The summed E-state index contributed by atoms with van der Waals surface area (Å²) in [6.45, 7) is 61.4. The normalized spacial score (nSPS) is 13.6. The minimum atomic E-state index is -1.50. The Morgan fingerprint density at radius 3 is 0.713 bits per heavy atom. The van der Waals surface area contributed by atoms with Gasteiger partial charge in [0.1, 0.15) is 23.0 Å². The second-order valence-corrected chi connectivity index (χ2v) is 38.2. The maximum atomic E-state index is 6.98. The van der Waals surface area contributed by atoms with E-state index in [4.69, 9.17) is 37.9 Å². The molecule has 0 amide bonds. The van der Waals surface area contributed by atoms with Crippen LogP contribution in [0.4, 0.5) is 0 Å². The van der Waals surface area contributed by atoms with Gasteiger partial charge >= 0.3 is 17.1 Å². The maximum absolute atomic E-state index is 6.98. The van der Waals surface area contributed by atoms with Gasteiger partial charge in [-0.05, 0) is 164 Å². The molecule has 0 fully saturated rings. The molecular weight excluding hydrogens is 1250 g/mol. The summed E-state index contributed by atoms with van der Waals surface area (Å²) in [6, 6.07) is 35.9. The first-order valence-corrected chi connectivity index (χ1v) is 35.8. The first-order valence-electron chi connectivity index (χ1n) is 33.1. The van der Waals surface area contributed by atoms with E-state index in [2.05, 4.69) is 278 Å². The molecule has 8 nitrogen and oxygen atoms in total. The van der Waals surface area contributed by atoms with Gasteiger partial charge in [0.05, 0.1) is 28.4 Å². The molecule has 9 rings (SSSR count). The van der Waals surface area contributed by atoms with Crippen LogP contribution in [0.3, 0.4) is 0 Å². The molecule has 2 heterocycles. The Balaban J connectivity index is 0.00000115. The Labute approximate surface area is 580 Å². The zero-order chi connectivity index (χ0) is 69.4. The minimum absolute atomic E-state index is 0. The van der Waals surface area contributed by atoms with E-state index < -0.39 is 15.8 Å². The molecule has 512 valence electrons. The fourth-order valence-electron chi connectivity index (χ4n) is 13.0. The van der Waals surface area contributed by atoms with Gasteiger partial charge in [-0.3, -0.25) is 0 Å². The van der Waals surface area contributed by atoms with E-state index in [1.165, 1.54) is 37.9 Å². The fraction of sp³-hybridized carbons (Fsp3) is 0.494. The third kappa shape index (κ3) is 15.7. The first kappa shape index (κ1) is 75.7. The minimum Gasteiger partial charge on any atom is -0.496 e. The third-order valence-corrected chi connectivity index (χ3v) is 22.5. The molecule has 0 saturated carbocycles. The number of benzene rings is 7. The van der Waals surface area contributed by atoms with Crippen molar-refractivity contribution in [1.29, 1.82) is 0 Å². The van der Waals surface area contributed by atoms with Gasteiger partial charge < -0.3 is 37.9 Å². The smallest absolute Gasteiger partial charge is 0.496 e. The van der Waals surface area contributed by atoms with Gasteiger partial charge in [0.25, 0.3) is 0 Å². The maximum Gasteiger partial charge on any atom is 1.00 e. The van der Waals surface area contributed by atoms with Crippen LogP contribution in [0.1, 0.15) is 227 Å². The molecule has 2 aliphatic rings. The van der Waals surface area contributed by atoms with E-state index in [1.54, 1.807) is 0 Å². The summed E-state index contributed by atoms with van der Waals surface area (Å²) in [5.74, 6) is 6.42. The van der Waals surface area contributed by atoms with Crippen LogP contribution in [0, 0.1) is 26.8 Å². The van der Waals surface area contributed by atoms with Crippen molar-refractivity contribution in [3.05, 3.63) is 152 Å². The van der Waals surface area contributed by atoms with Crippen molar-refractivity contribution in [2.24, 2.45) is 0 Å². The molecule has 7 aromatic carbocycles. The molecular formula is C83H111CuO8P2. The molecule has 0 bridgehead atoms. The van der Waals surface area contributed by atoms with Gasteiger partial charge in [-0.1, -0.05) is 187 Å². The number of hydrogen-bond donors (Lipinski definition) is 0. The van der Waals surface area contributed by atoms with E-state index >= 15 is 0 Å². The van der Waals surface area contributed by atoms with Gasteiger partial charge in [-0.25, -0.2) is 0 Å². The molecule has 0 atom stereocenters. The number of methoxy groups -OCH3 is 4. The summed E-state index contributed by atoms with van der Waals surface area (Å²) in [6.07, 6.45) is 0. The summed E-state index contributed by atoms with van der Waals surface area (Å²) >= 11 is 0. The van der Waals surface area contributed by atoms with Gasteiger partial charge in [-0.15, -0.1) is 0 Å². The Hall–Kier alpha value is -5.68. The van der Waals surface area contributed by atoms with Crippen LogP contribution < -0.4 is 69.7 Å². The molecule has 7 aromatic rings. The summed E-state index contributed by atoms with van der Waals surface area (Å²) in [7, 11) is 4.29. The quantitative estimate of drug-likeness (QED) is 0.0721. The van der Waals surface area contributed by atoms with Crippen LogP contribution in [-0.2, 0) is 60.4 Å². The van der Waals surface area contributed by atoms with Crippen molar-refractivity contribution in [3.63, 3.8) is 0 Å². The summed E-state index contributed by atoms with van der Waals surface area (Å²) in [5, 5.41) is 6.98. The van der Waals surface area contributed by atoms with Crippen LogP contribution in [0.25, 0.3) is 11.1 Å². The van der Waals surface area contributed by atoms with Crippen molar-refractivity contribution in [2.45, 2.75) is 230 Å². The van der Waals surface area contributed by atoms with Crippen molar-refractivity contribution in [1.82, 2.24) is 0 Å². The molecule has 0 unspecified atom stereocenters. The molecule has 0 spiro atoms. The van der Waals surface area contributed by atoms with Crippen LogP contribution in [0.5, 0.6) is 46.0 Å². The molecule has 94 heavy (non-hydrogen) atoms. The third-order valence-electron chi connectivity index (χ3n) is 17.7. The molecule has 0 radical (unpaired) electrons. The van der Waals surface area contributed by atoms with Gasteiger partial charge in [-0.2, -0.15) is 34.9 Å². The van der Waals surface area contributed by atoms with E-state index in [-0.39, 0.29) is 74.0 Å². The zero-order valence-corrected chi connectivity index (χ0v) is 65.7. The predicted molar refractivity (Wildman–Crippen MR) is 397 cm³/mol. The monoisotopic (exact) mass is 1360 g/mol. The molecule has 2 aliphatic heterocycles.